The van der Waals surface area contributed by atoms with Gasteiger partial charge in [0.05, 0.1) is 11.0 Å². The standard InChI is InChI=1S/C18H19N3O2/c1-2-12-21-16-11-7-6-10-15(16)19-18(21)20-17(22)13-23-14-8-4-3-5-9-14/h3-11H,2,12-13H2,1H3,(H,19,20,22). The van der Waals surface area contributed by atoms with E-state index in [0.717, 1.165) is 24.0 Å². The molecule has 0 atom stereocenters. The Balaban J connectivity index is 1.72. The average Bonchev–Trinajstić information content (AvgIpc) is 2.92. The second-order valence-electron chi connectivity index (χ2n) is 5.23. The number of carbonyl (C=O) groups excluding carboxylic acids is 1. The quantitative estimate of drug-likeness (QED) is 0.758. The van der Waals surface area contributed by atoms with Crippen LogP contribution in [0.3, 0.4) is 0 Å². The Kier molecular flexibility index (Phi) is 4.57. The van der Waals surface area contributed by atoms with E-state index in [1.54, 1.807) is 0 Å². The molecule has 0 radical (unpaired) electrons. The summed E-state index contributed by atoms with van der Waals surface area (Å²) < 4.78 is 7.49. The number of nitrogens with zero attached hydrogens (tertiary/aromatic N) is 2. The number of carbonyl (C=O) groups is 1. The normalized spacial score (nSPS) is 10.7. The van der Waals surface area contributed by atoms with Gasteiger partial charge in [-0.1, -0.05) is 37.3 Å². The smallest absolute Gasteiger partial charge is 0.264 e. The van der Waals surface area contributed by atoms with Gasteiger partial charge in [0.1, 0.15) is 5.75 Å². The summed E-state index contributed by atoms with van der Waals surface area (Å²) in [4.78, 5) is 16.6. The van der Waals surface area contributed by atoms with E-state index in [0.29, 0.717) is 11.7 Å². The summed E-state index contributed by atoms with van der Waals surface area (Å²) in [6, 6.07) is 17.1. The van der Waals surface area contributed by atoms with Gasteiger partial charge in [-0.25, -0.2) is 4.98 Å². The van der Waals surface area contributed by atoms with E-state index in [4.69, 9.17) is 4.74 Å². The fourth-order valence-electron chi connectivity index (χ4n) is 2.45. The highest BCUT2D eigenvalue weighted by Gasteiger charge is 2.12. The lowest BCUT2D eigenvalue weighted by Gasteiger charge is -2.09. The van der Waals surface area contributed by atoms with Gasteiger partial charge in [0.15, 0.2) is 6.61 Å². The van der Waals surface area contributed by atoms with Crippen molar-refractivity contribution >= 4 is 22.9 Å². The molecule has 5 heteroatoms. The van der Waals surface area contributed by atoms with Crippen molar-refractivity contribution in [1.29, 1.82) is 0 Å². The van der Waals surface area contributed by atoms with Crippen molar-refractivity contribution in [3.8, 4) is 5.75 Å². The molecular weight excluding hydrogens is 290 g/mol. The number of hydrogen-bond donors (Lipinski definition) is 1. The zero-order chi connectivity index (χ0) is 16.1. The van der Waals surface area contributed by atoms with E-state index in [9.17, 15) is 4.79 Å². The number of aryl methyl sites for hydroxylation is 1. The first-order chi connectivity index (χ1) is 11.3. The molecule has 0 unspecified atom stereocenters. The minimum atomic E-state index is -0.221. The molecule has 1 amide bonds. The Bertz CT molecular complexity index is 796. The zero-order valence-electron chi connectivity index (χ0n) is 13.0. The summed E-state index contributed by atoms with van der Waals surface area (Å²) in [7, 11) is 0. The number of anilines is 1. The van der Waals surface area contributed by atoms with Crippen molar-refractivity contribution in [1.82, 2.24) is 9.55 Å². The number of imidazole rings is 1. The van der Waals surface area contributed by atoms with Gasteiger partial charge in [0.2, 0.25) is 5.95 Å². The summed E-state index contributed by atoms with van der Waals surface area (Å²) in [5.74, 6) is 1.01. The second kappa shape index (κ2) is 6.96. The van der Waals surface area contributed by atoms with E-state index < -0.39 is 0 Å². The molecule has 0 aliphatic rings. The van der Waals surface area contributed by atoms with Gasteiger partial charge >= 0.3 is 0 Å². The van der Waals surface area contributed by atoms with E-state index in [1.165, 1.54) is 0 Å². The molecule has 2 aromatic carbocycles. The number of rotatable bonds is 6. The Morgan fingerprint density at radius 2 is 1.87 bits per heavy atom. The molecule has 0 saturated carbocycles. The van der Waals surface area contributed by atoms with Crippen molar-refractivity contribution in [2.45, 2.75) is 19.9 Å². The van der Waals surface area contributed by atoms with Crippen molar-refractivity contribution in [2.75, 3.05) is 11.9 Å². The number of benzene rings is 2. The van der Waals surface area contributed by atoms with Crippen LogP contribution in [0.15, 0.2) is 54.6 Å². The third-order valence-corrected chi connectivity index (χ3v) is 3.47. The Labute approximate surface area is 134 Å². The third kappa shape index (κ3) is 3.51. The maximum absolute atomic E-state index is 12.1. The Morgan fingerprint density at radius 3 is 2.65 bits per heavy atom. The van der Waals surface area contributed by atoms with Crippen molar-refractivity contribution in [3.05, 3.63) is 54.6 Å². The predicted molar refractivity (Wildman–Crippen MR) is 90.6 cm³/mol. The van der Waals surface area contributed by atoms with E-state index in [1.807, 2.05) is 59.2 Å². The molecule has 0 aliphatic carbocycles. The predicted octanol–water partition coefficient (Wildman–Crippen LogP) is 3.46. The number of amides is 1. The molecule has 5 nitrogen and oxygen atoms in total. The van der Waals surface area contributed by atoms with Gasteiger partial charge in [-0.3, -0.25) is 10.1 Å². The minimum Gasteiger partial charge on any atom is -0.484 e. The monoisotopic (exact) mass is 309 g/mol. The zero-order valence-corrected chi connectivity index (χ0v) is 13.0. The molecule has 3 rings (SSSR count). The Hall–Kier alpha value is -2.82. The van der Waals surface area contributed by atoms with Crippen LogP contribution in [0.25, 0.3) is 11.0 Å². The number of nitrogens with one attached hydrogen (secondary N) is 1. The summed E-state index contributed by atoms with van der Waals surface area (Å²) in [6.07, 6.45) is 0.962. The molecule has 118 valence electrons. The van der Waals surface area contributed by atoms with Crippen LogP contribution in [-0.2, 0) is 11.3 Å². The lowest BCUT2D eigenvalue weighted by atomic mass is 10.3. The van der Waals surface area contributed by atoms with Crippen LogP contribution in [0.2, 0.25) is 0 Å². The molecule has 23 heavy (non-hydrogen) atoms. The molecule has 1 aromatic heterocycles. The van der Waals surface area contributed by atoms with E-state index in [2.05, 4.69) is 17.2 Å². The largest absolute Gasteiger partial charge is 0.484 e. The highest BCUT2D eigenvalue weighted by Crippen LogP contribution is 2.20. The van der Waals surface area contributed by atoms with Gasteiger partial charge in [-0.15, -0.1) is 0 Å². The minimum absolute atomic E-state index is 0.0423. The van der Waals surface area contributed by atoms with E-state index >= 15 is 0 Å². The van der Waals surface area contributed by atoms with E-state index in [-0.39, 0.29) is 12.5 Å². The lowest BCUT2D eigenvalue weighted by Crippen LogP contribution is -2.22. The van der Waals surface area contributed by atoms with Crippen LogP contribution >= 0.6 is 0 Å². The van der Waals surface area contributed by atoms with Crippen molar-refractivity contribution < 1.29 is 9.53 Å². The Morgan fingerprint density at radius 1 is 1.13 bits per heavy atom. The third-order valence-electron chi connectivity index (χ3n) is 3.47. The average molecular weight is 309 g/mol. The van der Waals surface area contributed by atoms with Gasteiger partial charge in [-0.05, 0) is 30.7 Å². The number of ether oxygens (including phenoxy) is 1. The first kappa shape index (κ1) is 15.1. The molecule has 0 spiro atoms. The number of aromatic nitrogens is 2. The first-order valence-corrected chi connectivity index (χ1v) is 7.71. The highest BCUT2D eigenvalue weighted by molar-refractivity contribution is 5.92. The molecule has 1 N–H and O–H groups in total. The number of fused-ring (bicyclic) bond motifs is 1. The van der Waals surface area contributed by atoms with Gasteiger partial charge < -0.3 is 9.30 Å². The second-order valence-corrected chi connectivity index (χ2v) is 5.23. The van der Waals surface area contributed by atoms with Crippen LogP contribution in [0.4, 0.5) is 5.95 Å². The summed E-state index contributed by atoms with van der Waals surface area (Å²) in [5.41, 5.74) is 1.90. The van der Waals surface area contributed by atoms with Crippen LogP contribution in [0.1, 0.15) is 13.3 Å². The number of para-hydroxylation sites is 3. The molecular formula is C18H19N3O2. The fourth-order valence-corrected chi connectivity index (χ4v) is 2.45. The maximum Gasteiger partial charge on any atom is 0.264 e. The SMILES string of the molecule is CCCn1c(NC(=O)COc2ccccc2)nc2ccccc21. The lowest BCUT2D eigenvalue weighted by molar-refractivity contribution is -0.118. The van der Waals surface area contributed by atoms with Gasteiger partial charge in [0.25, 0.3) is 5.91 Å². The summed E-state index contributed by atoms with van der Waals surface area (Å²) in [5, 5.41) is 2.84. The molecule has 3 aromatic rings. The maximum atomic E-state index is 12.1. The van der Waals surface area contributed by atoms with Gasteiger partial charge in [0, 0.05) is 6.54 Å². The first-order valence-electron chi connectivity index (χ1n) is 7.71. The summed E-state index contributed by atoms with van der Waals surface area (Å²) >= 11 is 0. The highest BCUT2D eigenvalue weighted by atomic mass is 16.5. The molecule has 0 fully saturated rings. The molecule has 0 aliphatic heterocycles. The van der Waals surface area contributed by atoms with Crippen molar-refractivity contribution in [2.24, 2.45) is 0 Å². The van der Waals surface area contributed by atoms with Crippen molar-refractivity contribution in [3.63, 3.8) is 0 Å². The molecule has 1 heterocycles. The van der Waals surface area contributed by atoms with Crippen LogP contribution in [-0.4, -0.2) is 22.1 Å². The molecule has 0 saturated heterocycles. The van der Waals surface area contributed by atoms with Crippen LogP contribution in [0, 0.1) is 0 Å². The topological polar surface area (TPSA) is 56.2 Å². The van der Waals surface area contributed by atoms with Crippen LogP contribution < -0.4 is 10.1 Å². The molecule has 0 bridgehead atoms. The van der Waals surface area contributed by atoms with Crippen LogP contribution in [0.5, 0.6) is 5.75 Å². The van der Waals surface area contributed by atoms with Gasteiger partial charge in [-0.2, -0.15) is 0 Å². The summed E-state index contributed by atoms with van der Waals surface area (Å²) in [6.45, 7) is 2.86. The fraction of sp³-hybridized carbons (Fsp3) is 0.222. The number of hydrogen-bond acceptors (Lipinski definition) is 3.